The Kier molecular flexibility index (Phi) is 9.73. The van der Waals surface area contributed by atoms with Gasteiger partial charge in [0.25, 0.3) is 0 Å². The van der Waals surface area contributed by atoms with Crippen LogP contribution in [0.25, 0.3) is 11.4 Å². The summed E-state index contributed by atoms with van der Waals surface area (Å²) >= 11 is 0. The van der Waals surface area contributed by atoms with Gasteiger partial charge >= 0.3 is 0 Å². The van der Waals surface area contributed by atoms with E-state index in [4.69, 9.17) is 9.84 Å². The van der Waals surface area contributed by atoms with E-state index in [2.05, 4.69) is 16.9 Å². The number of aromatic nitrogens is 2. The van der Waals surface area contributed by atoms with Gasteiger partial charge in [0.1, 0.15) is 0 Å². The van der Waals surface area contributed by atoms with Crippen molar-refractivity contribution < 1.29 is 9.84 Å². The van der Waals surface area contributed by atoms with Crippen molar-refractivity contribution in [3.63, 3.8) is 0 Å². The molecule has 0 saturated carbocycles. The van der Waals surface area contributed by atoms with Crippen LogP contribution in [-0.4, -0.2) is 28.3 Å². The number of aliphatic hydroxyl groups excluding tert-OH is 1. The summed E-state index contributed by atoms with van der Waals surface area (Å²) in [5.41, 5.74) is 2.09. The van der Waals surface area contributed by atoms with Gasteiger partial charge in [-0.2, -0.15) is 0 Å². The van der Waals surface area contributed by atoms with E-state index < -0.39 is 0 Å². The van der Waals surface area contributed by atoms with Crippen LogP contribution in [0, 0.1) is 0 Å². The first kappa shape index (κ1) is 20.4. The fourth-order valence-electron chi connectivity index (χ4n) is 2.92. The SMILES string of the molecule is CCCCCCCCCCOc1cnc(-c2ccc(CCO)cc2)nc1. The molecule has 0 unspecified atom stereocenters. The van der Waals surface area contributed by atoms with E-state index in [-0.39, 0.29) is 6.61 Å². The van der Waals surface area contributed by atoms with E-state index in [0.29, 0.717) is 12.2 Å². The molecule has 0 amide bonds. The summed E-state index contributed by atoms with van der Waals surface area (Å²) in [5, 5.41) is 8.96. The predicted molar refractivity (Wildman–Crippen MR) is 106 cm³/mol. The number of rotatable bonds is 13. The molecule has 1 aromatic carbocycles. The normalized spacial score (nSPS) is 10.8. The van der Waals surface area contributed by atoms with Gasteiger partial charge < -0.3 is 9.84 Å². The second kappa shape index (κ2) is 12.4. The number of benzene rings is 1. The zero-order valence-corrected chi connectivity index (χ0v) is 16.0. The highest BCUT2D eigenvalue weighted by molar-refractivity contribution is 5.55. The first-order valence-electron chi connectivity index (χ1n) is 9.98. The Bertz CT molecular complexity index is 597. The molecule has 2 rings (SSSR count). The topological polar surface area (TPSA) is 55.2 Å². The van der Waals surface area contributed by atoms with E-state index >= 15 is 0 Å². The molecule has 1 heterocycles. The van der Waals surface area contributed by atoms with Gasteiger partial charge in [-0.15, -0.1) is 0 Å². The van der Waals surface area contributed by atoms with Gasteiger partial charge in [-0.25, -0.2) is 9.97 Å². The Labute approximate surface area is 157 Å². The van der Waals surface area contributed by atoms with Crippen molar-refractivity contribution in [2.24, 2.45) is 0 Å². The Hall–Kier alpha value is -1.94. The van der Waals surface area contributed by atoms with Crippen LogP contribution in [0.4, 0.5) is 0 Å². The lowest BCUT2D eigenvalue weighted by Crippen LogP contribution is -1.99. The smallest absolute Gasteiger partial charge is 0.159 e. The standard InChI is InChI=1S/C22H32N2O2/c1-2-3-4-5-6-7-8-9-16-26-21-17-23-22(24-18-21)20-12-10-19(11-13-20)14-15-25/h10-13,17-18,25H,2-9,14-16H2,1H3. The van der Waals surface area contributed by atoms with Gasteiger partial charge in [0.15, 0.2) is 11.6 Å². The van der Waals surface area contributed by atoms with Gasteiger partial charge in [-0.05, 0) is 18.4 Å². The first-order valence-corrected chi connectivity index (χ1v) is 9.98. The van der Waals surface area contributed by atoms with Crippen molar-refractivity contribution in [1.82, 2.24) is 9.97 Å². The fourth-order valence-corrected chi connectivity index (χ4v) is 2.92. The molecular weight excluding hydrogens is 324 g/mol. The number of hydrogen-bond acceptors (Lipinski definition) is 4. The Morgan fingerprint density at radius 3 is 2.08 bits per heavy atom. The molecule has 0 aliphatic carbocycles. The van der Waals surface area contributed by atoms with Crippen LogP contribution in [0.5, 0.6) is 5.75 Å². The quantitative estimate of drug-likeness (QED) is 0.501. The van der Waals surface area contributed by atoms with Crippen molar-refractivity contribution in [3.05, 3.63) is 42.2 Å². The van der Waals surface area contributed by atoms with Crippen molar-refractivity contribution in [2.75, 3.05) is 13.2 Å². The molecule has 0 saturated heterocycles. The highest BCUT2D eigenvalue weighted by atomic mass is 16.5. The summed E-state index contributed by atoms with van der Waals surface area (Å²) < 4.78 is 5.74. The molecule has 142 valence electrons. The van der Waals surface area contributed by atoms with E-state index in [1.165, 1.54) is 44.9 Å². The summed E-state index contributed by atoms with van der Waals surface area (Å²) in [5.74, 6) is 1.42. The van der Waals surface area contributed by atoms with Gasteiger partial charge in [0.2, 0.25) is 0 Å². The summed E-state index contributed by atoms with van der Waals surface area (Å²) in [6.07, 6.45) is 14.5. The molecule has 1 aromatic heterocycles. The summed E-state index contributed by atoms with van der Waals surface area (Å²) in [4.78, 5) is 8.79. The minimum Gasteiger partial charge on any atom is -0.490 e. The minimum absolute atomic E-state index is 0.167. The highest BCUT2D eigenvalue weighted by Gasteiger charge is 2.03. The highest BCUT2D eigenvalue weighted by Crippen LogP contribution is 2.18. The maximum Gasteiger partial charge on any atom is 0.159 e. The molecule has 4 heteroatoms. The van der Waals surface area contributed by atoms with E-state index in [1.54, 1.807) is 12.4 Å². The van der Waals surface area contributed by atoms with Gasteiger partial charge in [0.05, 0.1) is 19.0 Å². The van der Waals surface area contributed by atoms with Gasteiger partial charge in [-0.3, -0.25) is 0 Å². The maximum absolute atomic E-state index is 8.96. The molecule has 0 spiro atoms. The molecule has 0 fully saturated rings. The second-order valence-corrected chi connectivity index (χ2v) is 6.74. The van der Waals surface area contributed by atoms with Crippen molar-refractivity contribution in [1.29, 1.82) is 0 Å². The van der Waals surface area contributed by atoms with Crippen LogP contribution < -0.4 is 4.74 Å². The number of hydrogen-bond donors (Lipinski definition) is 1. The molecule has 0 atom stereocenters. The molecule has 26 heavy (non-hydrogen) atoms. The van der Waals surface area contributed by atoms with Gasteiger partial charge in [0, 0.05) is 12.2 Å². The third-order valence-electron chi connectivity index (χ3n) is 4.51. The van der Waals surface area contributed by atoms with Crippen LogP contribution >= 0.6 is 0 Å². The first-order chi connectivity index (χ1) is 12.8. The fraction of sp³-hybridized carbons (Fsp3) is 0.545. The lowest BCUT2D eigenvalue weighted by Gasteiger charge is -2.07. The Balaban J connectivity index is 1.66. The summed E-state index contributed by atoms with van der Waals surface area (Å²) in [7, 11) is 0. The molecule has 1 N–H and O–H groups in total. The van der Waals surface area contributed by atoms with Crippen LogP contribution in [0.15, 0.2) is 36.7 Å². The Morgan fingerprint density at radius 2 is 1.46 bits per heavy atom. The predicted octanol–water partition coefficient (Wildman–Crippen LogP) is 5.20. The van der Waals surface area contributed by atoms with Crippen molar-refractivity contribution in [3.8, 4) is 17.1 Å². The summed E-state index contributed by atoms with van der Waals surface area (Å²) in [6.45, 7) is 3.15. The van der Waals surface area contributed by atoms with Crippen molar-refractivity contribution >= 4 is 0 Å². The zero-order valence-electron chi connectivity index (χ0n) is 16.0. The van der Waals surface area contributed by atoms with Crippen LogP contribution in [0.3, 0.4) is 0 Å². The molecule has 0 bridgehead atoms. The summed E-state index contributed by atoms with van der Waals surface area (Å²) in [6, 6.07) is 7.98. The number of ether oxygens (including phenoxy) is 1. The van der Waals surface area contributed by atoms with E-state index in [1.807, 2.05) is 24.3 Å². The lowest BCUT2D eigenvalue weighted by molar-refractivity contribution is 0.299. The Morgan fingerprint density at radius 1 is 0.846 bits per heavy atom. The van der Waals surface area contributed by atoms with E-state index in [0.717, 1.165) is 29.9 Å². The van der Waals surface area contributed by atoms with Crippen molar-refractivity contribution in [2.45, 2.75) is 64.7 Å². The second-order valence-electron chi connectivity index (χ2n) is 6.74. The number of aliphatic hydroxyl groups is 1. The molecule has 0 radical (unpaired) electrons. The lowest BCUT2D eigenvalue weighted by atomic mass is 10.1. The average molecular weight is 357 g/mol. The van der Waals surface area contributed by atoms with Crippen LogP contribution in [-0.2, 0) is 6.42 Å². The zero-order chi connectivity index (χ0) is 18.5. The largest absolute Gasteiger partial charge is 0.490 e. The van der Waals surface area contributed by atoms with Gasteiger partial charge in [-0.1, -0.05) is 76.1 Å². The monoisotopic (exact) mass is 356 g/mol. The molecule has 0 aliphatic rings. The minimum atomic E-state index is 0.167. The maximum atomic E-state index is 8.96. The van der Waals surface area contributed by atoms with E-state index in [9.17, 15) is 0 Å². The molecule has 4 nitrogen and oxygen atoms in total. The number of unbranched alkanes of at least 4 members (excludes halogenated alkanes) is 7. The molecule has 2 aromatic rings. The van der Waals surface area contributed by atoms with Crippen LogP contribution in [0.1, 0.15) is 63.9 Å². The molecule has 0 aliphatic heterocycles. The van der Waals surface area contributed by atoms with Crippen LogP contribution in [0.2, 0.25) is 0 Å². The third-order valence-corrected chi connectivity index (χ3v) is 4.51. The average Bonchev–Trinajstić information content (AvgIpc) is 2.68. The number of nitrogens with zero attached hydrogens (tertiary/aromatic N) is 2. The molecular formula is C22H32N2O2. The third kappa shape index (κ3) is 7.52.